The molecule has 4 nitrogen and oxygen atoms in total. The SMILES string of the molecule is CC(NC(=O)c1ccc(C(=O)Nc2ccccc2F)cc1)c1ccccc1. The second-order valence-corrected chi connectivity index (χ2v) is 6.12. The summed E-state index contributed by atoms with van der Waals surface area (Å²) in [6.45, 7) is 1.91. The van der Waals surface area contributed by atoms with Gasteiger partial charge in [0.05, 0.1) is 11.7 Å². The van der Waals surface area contributed by atoms with Crippen molar-refractivity contribution >= 4 is 17.5 Å². The van der Waals surface area contributed by atoms with Gasteiger partial charge in [0.2, 0.25) is 0 Å². The summed E-state index contributed by atoms with van der Waals surface area (Å²) in [7, 11) is 0. The number of carbonyl (C=O) groups excluding carboxylic acids is 2. The Morgan fingerprint density at radius 1 is 0.778 bits per heavy atom. The third-order valence-corrected chi connectivity index (χ3v) is 4.18. The average molecular weight is 362 g/mol. The van der Waals surface area contributed by atoms with Crippen LogP contribution in [0.2, 0.25) is 0 Å². The summed E-state index contributed by atoms with van der Waals surface area (Å²) < 4.78 is 13.6. The Hall–Kier alpha value is -3.47. The Bertz CT molecular complexity index is 940. The number of nitrogens with one attached hydrogen (secondary N) is 2. The molecule has 0 aromatic heterocycles. The van der Waals surface area contributed by atoms with Gasteiger partial charge in [-0.15, -0.1) is 0 Å². The van der Waals surface area contributed by atoms with Gasteiger partial charge >= 0.3 is 0 Å². The van der Waals surface area contributed by atoms with Crippen molar-refractivity contribution in [2.45, 2.75) is 13.0 Å². The standard InChI is InChI=1S/C22H19FN2O2/c1-15(16-7-3-2-4-8-16)24-21(26)17-11-13-18(14-12-17)22(27)25-20-10-6-5-9-19(20)23/h2-15H,1H3,(H,24,26)(H,25,27). The lowest BCUT2D eigenvalue weighted by atomic mass is 10.1. The first kappa shape index (κ1) is 18.3. The number of para-hydroxylation sites is 1. The first-order valence-corrected chi connectivity index (χ1v) is 8.56. The van der Waals surface area contributed by atoms with Crippen molar-refractivity contribution in [3.8, 4) is 0 Å². The zero-order valence-corrected chi connectivity index (χ0v) is 14.8. The Morgan fingerprint density at radius 3 is 1.96 bits per heavy atom. The molecule has 5 heteroatoms. The molecule has 27 heavy (non-hydrogen) atoms. The Labute approximate surface area is 157 Å². The van der Waals surface area contributed by atoms with Crippen LogP contribution in [0.3, 0.4) is 0 Å². The molecule has 0 fully saturated rings. The molecule has 0 aliphatic heterocycles. The fourth-order valence-corrected chi connectivity index (χ4v) is 2.64. The highest BCUT2D eigenvalue weighted by Gasteiger charge is 2.13. The summed E-state index contributed by atoms with van der Waals surface area (Å²) in [5.41, 5.74) is 1.90. The van der Waals surface area contributed by atoms with Crippen molar-refractivity contribution in [1.82, 2.24) is 5.32 Å². The maximum Gasteiger partial charge on any atom is 0.255 e. The molecule has 0 spiro atoms. The molecule has 0 aliphatic carbocycles. The van der Waals surface area contributed by atoms with Crippen LogP contribution in [0, 0.1) is 5.82 Å². The van der Waals surface area contributed by atoms with Crippen LogP contribution in [0.4, 0.5) is 10.1 Å². The number of hydrogen-bond donors (Lipinski definition) is 2. The van der Waals surface area contributed by atoms with Crippen LogP contribution in [0.15, 0.2) is 78.9 Å². The molecule has 3 aromatic rings. The van der Waals surface area contributed by atoms with Gasteiger partial charge in [-0.1, -0.05) is 42.5 Å². The summed E-state index contributed by atoms with van der Waals surface area (Å²) in [5, 5.41) is 5.43. The molecule has 0 saturated carbocycles. The first-order chi connectivity index (χ1) is 13.0. The van der Waals surface area contributed by atoms with Gasteiger partial charge in [-0.05, 0) is 48.9 Å². The van der Waals surface area contributed by atoms with Crippen LogP contribution in [0.25, 0.3) is 0 Å². The molecular weight excluding hydrogens is 343 g/mol. The summed E-state index contributed by atoms with van der Waals surface area (Å²) in [4.78, 5) is 24.6. The van der Waals surface area contributed by atoms with Crippen molar-refractivity contribution in [2.75, 3.05) is 5.32 Å². The highest BCUT2D eigenvalue weighted by atomic mass is 19.1. The fourth-order valence-electron chi connectivity index (χ4n) is 2.64. The normalized spacial score (nSPS) is 11.5. The van der Waals surface area contributed by atoms with Crippen LogP contribution in [0.5, 0.6) is 0 Å². The summed E-state index contributed by atoms with van der Waals surface area (Å²) >= 11 is 0. The lowest BCUT2D eigenvalue weighted by Crippen LogP contribution is -2.26. The van der Waals surface area contributed by atoms with Crippen LogP contribution < -0.4 is 10.6 Å². The zero-order valence-electron chi connectivity index (χ0n) is 14.8. The Morgan fingerprint density at radius 2 is 1.33 bits per heavy atom. The van der Waals surface area contributed by atoms with Crippen molar-refractivity contribution in [1.29, 1.82) is 0 Å². The molecule has 3 rings (SSSR count). The minimum atomic E-state index is -0.503. The molecule has 1 atom stereocenters. The first-order valence-electron chi connectivity index (χ1n) is 8.56. The number of carbonyl (C=O) groups is 2. The van der Waals surface area contributed by atoms with Gasteiger partial charge in [-0.25, -0.2) is 4.39 Å². The molecule has 0 aliphatic rings. The molecule has 0 bridgehead atoms. The van der Waals surface area contributed by atoms with Gasteiger partial charge in [0.25, 0.3) is 11.8 Å². The van der Waals surface area contributed by atoms with E-state index in [1.807, 2.05) is 37.3 Å². The van der Waals surface area contributed by atoms with E-state index < -0.39 is 11.7 Å². The predicted molar refractivity (Wildman–Crippen MR) is 103 cm³/mol. The second-order valence-electron chi connectivity index (χ2n) is 6.12. The van der Waals surface area contributed by atoms with Crippen molar-refractivity contribution in [3.63, 3.8) is 0 Å². The number of halogens is 1. The molecule has 0 heterocycles. The number of amides is 2. The monoisotopic (exact) mass is 362 g/mol. The van der Waals surface area contributed by atoms with E-state index in [9.17, 15) is 14.0 Å². The highest BCUT2D eigenvalue weighted by molar-refractivity contribution is 6.05. The average Bonchev–Trinajstić information content (AvgIpc) is 2.70. The minimum absolute atomic E-state index is 0.112. The van der Waals surface area contributed by atoms with E-state index in [0.29, 0.717) is 11.1 Å². The van der Waals surface area contributed by atoms with E-state index in [1.165, 1.54) is 24.3 Å². The molecule has 2 N–H and O–H groups in total. The van der Waals surface area contributed by atoms with Crippen molar-refractivity contribution in [3.05, 3.63) is 101 Å². The van der Waals surface area contributed by atoms with E-state index in [1.54, 1.807) is 24.3 Å². The van der Waals surface area contributed by atoms with E-state index in [0.717, 1.165) is 5.56 Å². The van der Waals surface area contributed by atoms with E-state index in [2.05, 4.69) is 10.6 Å². The Kier molecular flexibility index (Phi) is 5.61. The maximum absolute atomic E-state index is 13.6. The van der Waals surface area contributed by atoms with Gasteiger partial charge in [-0.3, -0.25) is 9.59 Å². The molecule has 136 valence electrons. The summed E-state index contributed by atoms with van der Waals surface area (Å²) in [5.74, 6) is -1.17. The molecule has 1 unspecified atom stereocenters. The van der Waals surface area contributed by atoms with Gasteiger partial charge in [0.15, 0.2) is 0 Å². The molecule has 0 radical (unpaired) electrons. The van der Waals surface area contributed by atoms with Crippen LogP contribution in [-0.4, -0.2) is 11.8 Å². The molecular formula is C22H19FN2O2. The van der Waals surface area contributed by atoms with Crippen LogP contribution in [0.1, 0.15) is 39.2 Å². The number of rotatable bonds is 5. The number of hydrogen-bond acceptors (Lipinski definition) is 2. The lowest BCUT2D eigenvalue weighted by molar-refractivity contribution is 0.0938. The van der Waals surface area contributed by atoms with Gasteiger partial charge < -0.3 is 10.6 Å². The maximum atomic E-state index is 13.6. The predicted octanol–water partition coefficient (Wildman–Crippen LogP) is 4.57. The van der Waals surface area contributed by atoms with Crippen LogP contribution >= 0.6 is 0 Å². The van der Waals surface area contributed by atoms with Gasteiger partial charge in [-0.2, -0.15) is 0 Å². The van der Waals surface area contributed by atoms with Gasteiger partial charge in [0.1, 0.15) is 5.82 Å². The third kappa shape index (κ3) is 4.58. The van der Waals surface area contributed by atoms with Crippen LogP contribution in [-0.2, 0) is 0 Å². The summed E-state index contributed by atoms with van der Waals surface area (Å²) in [6, 6.07) is 21.7. The fraction of sp³-hybridized carbons (Fsp3) is 0.0909. The molecule has 2 amide bonds. The minimum Gasteiger partial charge on any atom is -0.346 e. The smallest absolute Gasteiger partial charge is 0.255 e. The summed E-state index contributed by atoms with van der Waals surface area (Å²) in [6.07, 6.45) is 0. The second kappa shape index (κ2) is 8.27. The quantitative estimate of drug-likeness (QED) is 0.698. The topological polar surface area (TPSA) is 58.2 Å². The van der Waals surface area contributed by atoms with E-state index in [4.69, 9.17) is 0 Å². The third-order valence-electron chi connectivity index (χ3n) is 4.18. The lowest BCUT2D eigenvalue weighted by Gasteiger charge is -2.14. The van der Waals surface area contributed by atoms with Gasteiger partial charge in [0, 0.05) is 11.1 Å². The van der Waals surface area contributed by atoms with E-state index in [-0.39, 0.29) is 17.6 Å². The molecule has 0 saturated heterocycles. The van der Waals surface area contributed by atoms with Crippen molar-refractivity contribution < 1.29 is 14.0 Å². The number of benzene rings is 3. The highest BCUT2D eigenvalue weighted by Crippen LogP contribution is 2.15. The molecule has 3 aromatic carbocycles. The Balaban J connectivity index is 1.65. The van der Waals surface area contributed by atoms with E-state index >= 15 is 0 Å². The zero-order chi connectivity index (χ0) is 19.2. The van der Waals surface area contributed by atoms with Crippen molar-refractivity contribution in [2.24, 2.45) is 0 Å². The number of anilines is 1. The largest absolute Gasteiger partial charge is 0.346 e.